The number of carbonyl (C=O) groups is 2. The fourth-order valence-corrected chi connectivity index (χ4v) is 5.24. The molecule has 0 amide bonds. The lowest BCUT2D eigenvalue weighted by Crippen LogP contribution is -2.42. The lowest BCUT2D eigenvalue weighted by atomic mass is 9.64. The summed E-state index contributed by atoms with van der Waals surface area (Å²) < 4.78 is 14.9. The van der Waals surface area contributed by atoms with Crippen LogP contribution in [0, 0.1) is 16.6 Å². The second-order valence-corrected chi connectivity index (χ2v) is 10.3. The number of nitrogens with one attached hydrogen (secondary N) is 1. The van der Waals surface area contributed by atoms with Crippen LogP contribution in [0.2, 0.25) is 5.02 Å². The first-order chi connectivity index (χ1) is 13.0. The Balaban J connectivity index is 1.98. The van der Waals surface area contributed by atoms with E-state index in [0.29, 0.717) is 36.8 Å². The monoisotopic (exact) mass is 401 g/mol. The van der Waals surface area contributed by atoms with Gasteiger partial charge in [-0.1, -0.05) is 45.4 Å². The number of dihydropyridines is 1. The van der Waals surface area contributed by atoms with Crippen molar-refractivity contribution in [1.82, 2.24) is 5.32 Å². The minimum absolute atomic E-state index is 0.0350. The van der Waals surface area contributed by atoms with Crippen molar-refractivity contribution in [1.29, 1.82) is 0 Å². The third-order valence-electron chi connectivity index (χ3n) is 6.01. The van der Waals surface area contributed by atoms with E-state index in [2.05, 4.69) is 33.0 Å². The van der Waals surface area contributed by atoms with Gasteiger partial charge in [0.2, 0.25) is 0 Å². The summed E-state index contributed by atoms with van der Waals surface area (Å²) >= 11 is 6.40. The van der Waals surface area contributed by atoms with E-state index in [1.54, 1.807) is 12.1 Å². The molecule has 4 rings (SSSR count). The van der Waals surface area contributed by atoms with Gasteiger partial charge in [0, 0.05) is 51.9 Å². The van der Waals surface area contributed by atoms with Crippen molar-refractivity contribution in [3.8, 4) is 0 Å². The van der Waals surface area contributed by atoms with Crippen LogP contribution in [0.1, 0.15) is 64.9 Å². The summed E-state index contributed by atoms with van der Waals surface area (Å²) in [7, 11) is 0. The molecule has 5 heteroatoms. The second kappa shape index (κ2) is 6.28. The Kier molecular flexibility index (Phi) is 4.35. The predicted molar refractivity (Wildman–Crippen MR) is 107 cm³/mol. The smallest absolute Gasteiger partial charge is 0.162 e. The minimum atomic E-state index is -0.729. The molecule has 0 saturated heterocycles. The van der Waals surface area contributed by atoms with E-state index in [0.717, 1.165) is 11.4 Å². The molecule has 1 aromatic carbocycles. The zero-order valence-corrected chi connectivity index (χ0v) is 17.5. The summed E-state index contributed by atoms with van der Waals surface area (Å²) in [6.45, 7) is 8.23. The van der Waals surface area contributed by atoms with Crippen molar-refractivity contribution < 1.29 is 14.0 Å². The summed E-state index contributed by atoms with van der Waals surface area (Å²) in [5.74, 6) is -1.28. The van der Waals surface area contributed by atoms with Gasteiger partial charge in [-0.25, -0.2) is 4.39 Å². The number of hydrogen-bond acceptors (Lipinski definition) is 3. The molecule has 0 radical (unpaired) electrons. The molecule has 1 N–H and O–H groups in total. The van der Waals surface area contributed by atoms with Crippen molar-refractivity contribution in [3.05, 3.63) is 57.1 Å². The van der Waals surface area contributed by atoms with E-state index in [1.165, 1.54) is 6.07 Å². The Morgan fingerprint density at radius 3 is 1.89 bits per heavy atom. The number of benzene rings is 1. The highest BCUT2D eigenvalue weighted by Crippen LogP contribution is 2.52. The minimum Gasteiger partial charge on any atom is -0.362 e. The fourth-order valence-electron chi connectivity index (χ4n) is 4.96. The number of halogens is 2. The van der Waals surface area contributed by atoms with E-state index >= 15 is 0 Å². The van der Waals surface area contributed by atoms with Gasteiger partial charge < -0.3 is 5.32 Å². The SMILES string of the molecule is CC1(C)CC(=O)C2=C(C1)NC1=C(C(=O)CC(C)(C)C1)C2c1c(F)cccc1Cl. The Hall–Kier alpha value is -1.94. The van der Waals surface area contributed by atoms with Crippen molar-refractivity contribution >= 4 is 23.2 Å². The zero-order valence-electron chi connectivity index (χ0n) is 16.7. The average Bonchev–Trinajstić information content (AvgIpc) is 2.50. The van der Waals surface area contributed by atoms with Crippen LogP contribution in [0.15, 0.2) is 40.7 Å². The molecule has 0 spiro atoms. The summed E-state index contributed by atoms with van der Waals surface area (Å²) in [5.41, 5.74) is 2.53. The predicted octanol–water partition coefficient (Wildman–Crippen LogP) is 5.45. The fraction of sp³-hybridized carbons (Fsp3) is 0.478. The third kappa shape index (κ3) is 3.12. The van der Waals surface area contributed by atoms with Crippen LogP contribution in [0.3, 0.4) is 0 Å². The molecule has 148 valence electrons. The van der Waals surface area contributed by atoms with E-state index in [9.17, 15) is 14.0 Å². The third-order valence-corrected chi connectivity index (χ3v) is 6.34. The molecule has 0 atom stereocenters. The summed E-state index contributed by atoms with van der Waals surface area (Å²) in [6.07, 6.45) is 2.11. The molecule has 0 unspecified atom stereocenters. The van der Waals surface area contributed by atoms with Crippen LogP contribution in [0.25, 0.3) is 0 Å². The lowest BCUT2D eigenvalue weighted by molar-refractivity contribution is -0.119. The van der Waals surface area contributed by atoms with Crippen molar-refractivity contribution in [2.45, 2.75) is 59.3 Å². The normalized spacial score (nSPS) is 24.1. The van der Waals surface area contributed by atoms with Crippen LogP contribution in [0.4, 0.5) is 4.39 Å². The van der Waals surface area contributed by atoms with Crippen LogP contribution in [-0.4, -0.2) is 11.6 Å². The molecule has 1 heterocycles. The quantitative estimate of drug-likeness (QED) is 0.680. The lowest BCUT2D eigenvalue weighted by Gasteiger charge is -2.44. The van der Waals surface area contributed by atoms with Crippen LogP contribution < -0.4 is 5.32 Å². The maximum atomic E-state index is 14.9. The van der Waals surface area contributed by atoms with E-state index in [1.807, 2.05) is 0 Å². The number of hydrogen-bond donors (Lipinski definition) is 1. The molecule has 2 aliphatic carbocycles. The molecule has 1 aliphatic heterocycles. The van der Waals surface area contributed by atoms with Gasteiger partial charge in [-0.2, -0.15) is 0 Å². The number of ketones is 2. The molecule has 3 aliphatic rings. The molecule has 0 saturated carbocycles. The molecular formula is C23H25ClFNO2. The zero-order chi connectivity index (χ0) is 20.4. The topological polar surface area (TPSA) is 46.2 Å². The van der Waals surface area contributed by atoms with E-state index in [4.69, 9.17) is 11.6 Å². The molecular weight excluding hydrogens is 377 g/mol. The van der Waals surface area contributed by atoms with Crippen molar-refractivity contribution in [3.63, 3.8) is 0 Å². The first-order valence-electron chi connectivity index (χ1n) is 9.72. The summed E-state index contributed by atoms with van der Waals surface area (Å²) in [6, 6.07) is 4.51. The van der Waals surface area contributed by atoms with Gasteiger partial charge in [0.05, 0.1) is 0 Å². The Morgan fingerprint density at radius 2 is 1.43 bits per heavy atom. The highest BCUT2D eigenvalue weighted by molar-refractivity contribution is 6.31. The molecule has 1 aromatic rings. The number of carbonyl (C=O) groups excluding carboxylic acids is 2. The Labute approximate surface area is 170 Å². The second-order valence-electron chi connectivity index (χ2n) is 9.86. The first-order valence-corrected chi connectivity index (χ1v) is 10.1. The van der Waals surface area contributed by atoms with Crippen LogP contribution in [0.5, 0.6) is 0 Å². The molecule has 0 fully saturated rings. The molecule has 0 aromatic heterocycles. The summed E-state index contributed by atoms with van der Waals surface area (Å²) in [5, 5.41) is 3.67. The van der Waals surface area contributed by atoms with Gasteiger partial charge in [-0.05, 0) is 35.8 Å². The van der Waals surface area contributed by atoms with E-state index < -0.39 is 11.7 Å². The van der Waals surface area contributed by atoms with Gasteiger partial charge >= 0.3 is 0 Å². The molecule has 0 bridgehead atoms. The Morgan fingerprint density at radius 1 is 0.929 bits per heavy atom. The van der Waals surface area contributed by atoms with Crippen LogP contribution >= 0.6 is 11.6 Å². The maximum absolute atomic E-state index is 14.9. The van der Waals surface area contributed by atoms with Gasteiger partial charge in [0.15, 0.2) is 11.6 Å². The van der Waals surface area contributed by atoms with Crippen molar-refractivity contribution in [2.75, 3.05) is 0 Å². The highest BCUT2D eigenvalue weighted by Gasteiger charge is 2.47. The molecule has 28 heavy (non-hydrogen) atoms. The number of allylic oxidation sites excluding steroid dienone is 4. The summed E-state index contributed by atoms with van der Waals surface area (Å²) in [4.78, 5) is 26.3. The largest absolute Gasteiger partial charge is 0.362 e. The Bertz CT molecular complexity index is 899. The standard InChI is InChI=1S/C23H25ClFNO2/c1-22(2)8-14-19(16(27)10-22)21(18-12(24)6-5-7-13(18)25)20-15(26-14)9-23(3,4)11-17(20)28/h5-7,21,26H,8-11H2,1-4H3. The number of rotatable bonds is 1. The highest BCUT2D eigenvalue weighted by atomic mass is 35.5. The van der Waals surface area contributed by atoms with Gasteiger partial charge in [0.1, 0.15) is 5.82 Å². The van der Waals surface area contributed by atoms with E-state index in [-0.39, 0.29) is 33.0 Å². The van der Waals surface area contributed by atoms with Crippen molar-refractivity contribution in [2.24, 2.45) is 10.8 Å². The number of Topliss-reactive ketones (excluding diaryl/α,β-unsaturated/α-hetero) is 2. The van der Waals surface area contributed by atoms with Gasteiger partial charge in [-0.15, -0.1) is 0 Å². The first kappa shape index (κ1) is 19.4. The maximum Gasteiger partial charge on any atom is 0.162 e. The molecule has 3 nitrogen and oxygen atoms in total. The average molecular weight is 402 g/mol. The van der Waals surface area contributed by atoms with Gasteiger partial charge in [0.25, 0.3) is 0 Å². The van der Waals surface area contributed by atoms with Crippen LogP contribution in [-0.2, 0) is 9.59 Å². The van der Waals surface area contributed by atoms with Gasteiger partial charge in [-0.3, -0.25) is 9.59 Å².